The molecule has 1 aliphatic carbocycles. The molecule has 17 heavy (non-hydrogen) atoms. The van der Waals surface area contributed by atoms with Gasteiger partial charge in [0, 0.05) is 18.1 Å². The summed E-state index contributed by atoms with van der Waals surface area (Å²) in [6.45, 7) is 4.66. The van der Waals surface area contributed by atoms with Crippen LogP contribution < -0.4 is 0 Å². The summed E-state index contributed by atoms with van der Waals surface area (Å²) in [5.41, 5.74) is 0. The van der Waals surface area contributed by atoms with Gasteiger partial charge in [0.05, 0.1) is 12.0 Å². The first kappa shape index (κ1) is 12.9. The maximum Gasteiger partial charge on any atom is 0.0672 e. The minimum atomic E-state index is 0.284. The third-order valence-electron chi connectivity index (χ3n) is 4.85. The second kappa shape index (κ2) is 5.87. The Kier molecular flexibility index (Phi) is 4.45. The summed E-state index contributed by atoms with van der Waals surface area (Å²) >= 11 is 0. The van der Waals surface area contributed by atoms with Crippen molar-refractivity contribution < 1.29 is 0 Å². The zero-order chi connectivity index (χ0) is 12.3. The van der Waals surface area contributed by atoms with Gasteiger partial charge in [0.1, 0.15) is 0 Å². The lowest BCUT2D eigenvalue weighted by molar-refractivity contribution is 0.100. The molecular weight excluding hydrogens is 208 g/mol. The SMILES string of the molecule is CCC1CCC(C)N1C1CCCCCC1C#N. The van der Waals surface area contributed by atoms with Crippen molar-refractivity contribution in [3.05, 3.63) is 0 Å². The molecule has 0 spiro atoms. The van der Waals surface area contributed by atoms with E-state index in [1.807, 2.05) is 0 Å². The molecule has 1 saturated heterocycles. The van der Waals surface area contributed by atoms with Gasteiger partial charge in [-0.05, 0) is 39.0 Å². The number of nitrogens with zero attached hydrogens (tertiary/aromatic N) is 2. The van der Waals surface area contributed by atoms with E-state index >= 15 is 0 Å². The predicted octanol–water partition coefficient (Wildman–Crippen LogP) is 3.72. The minimum absolute atomic E-state index is 0.284. The van der Waals surface area contributed by atoms with E-state index in [0.29, 0.717) is 12.1 Å². The summed E-state index contributed by atoms with van der Waals surface area (Å²) < 4.78 is 0. The first-order valence-electron chi connectivity index (χ1n) is 7.45. The highest BCUT2D eigenvalue weighted by Crippen LogP contribution is 2.35. The van der Waals surface area contributed by atoms with E-state index in [-0.39, 0.29) is 5.92 Å². The van der Waals surface area contributed by atoms with Crippen molar-refractivity contribution in [2.24, 2.45) is 5.92 Å². The molecule has 1 heterocycles. The number of nitriles is 1. The van der Waals surface area contributed by atoms with Crippen molar-refractivity contribution in [3.8, 4) is 6.07 Å². The van der Waals surface area contributed by atoms with Gasteiger partial charge < -0.3 is 0 Å². The number of hydrogen-bond donors (Lipinski definition) is 0. The van der Waals surface area contributed by atoms with Crippen molar-refractivity contribution >= 4 is 0 Å². The van der Waals surface area contributed by atoms with Crippen LogP contribution in [-0.2, 0) is 0 Å². The molecule has 0 N–H and O–H groups in total. The summed E-state index contributed by atoms with van der Waals surface area (Å²) in [7, 11) is 0. The van der Waals surface area contributed by atoms with Crippen molar-refractivity contribution in [1.82, 2.24) is 4.90 Å². The van der Waals surface area contributed by atoms with Crippen molar-refractivity contribution in [3.63, 3.8) is 0 Å². The standard InChI is InChI=1S/C15H26N2/c1-3-14-10-9-12(2)17(14)15-8-6-4-5-7-13(15)11-16/h12-15H,3-10H2,1-2H3. The molecule has 4 atom stereocenters. The summed E-state index contributed by atoms with van der Waals surface area (Å²) in [5.74, 6) is 0.284. The Hall–Kier alpha value is -0.550. The van der Waals surface area contributed by atoms with Gasteiger partial charge in [0.15, 0.2) is 0 Å². The molecule has 2 rings (SSSR count). The lowest BCUT2D eigenvalue weighted by Gasteiger charge is -2.37. The molecule has 2 aliphatic rings. The first-order valence-corrected chi connectivity index (χ1v) is 7.45. The van der Waals surface area contributed by atoms with Gasteiger partial charge in [0.2, 0.25) is 0 Å². The molecule has 2 heteroatoms. The molecule has 0 amide bonds. The molecule has 0 aromatic heterocycles. The Morgan fingerprint density at radius 1 is 1.12 bits per heavy atom. The Labute approximate surface area is 106 Å². The van der Waals surface area contributed by atoms with Crippen LogP contribution in [0.25, 0.3) is 0 Å². The fraction of sp³-hybridized carbons (Fsp3) is 0.933. The summed E-state index contributed by atoms with van der Waals surface area (Å²) in [5, 5.41) is 9.42. The second-order valence-electron chi connectivity index (χ2n) is 5.88. The normalized spacial score (nSPS) is 39.8. The van der Waals surface area contributed by atoms with E-state index in [4.69, 9.17) is 0 Å². The minimum Gasteiger partial charge on any atom is -0.293 e. The fourth-order valence-electron chi connectivity index (χ4n) is 3.90. The number of hydrogen-bond acceptors (Lipinski definition) is 2. The van der Waals surface area contributed by atoms with Gasteiger partial charge in [-0.3, -0.25) is 4.90 Å². The van der Waals surface area contributed by atoms with Crippen LogP contribution in [0.3, 0.4) is 0 Å². The average molecular weight is 234 g/mol. The topological polar surface area (TPSA) is 27.0 Å². The van der Waals surface area contributed by atoms with Gasteiger partial charge in [-0.1, -0.05) is 26.2 Å². The van der Waals surface area contributed by atoms with E-state index in [0.717, 1.165) is 12.5 Å². The van der Waals surface area contributed by atoms with E-state index in [1.165, 1.54) is 44.9 Å². The van der Waals surface area contributed by atoms with Crippen molar-refractivity contribution in [1.29, 1.82) is 5.26 Å². The Morgan fingerprint density at radius 3 is 2.59 bits per heavy atom. The highest BCUT2D eigenvalue weighted by atomic mass is 15.2. The molecule has 96 valence electrons. The highest BCUT2D eigenvalue weighted by molar-refractivity contribution is 4.99. The van der Waals surface area contributed by atoms with Crippen LogP contribution in [0.5, 0.6) is 0 Å². The van der Waals surface area contributed by atoms with E-state index in [2.05, 4.69) is 24.8 Å². The Bertz CT molecular complexity index is 281. The monoisotopic (exact) mass is 234 g/mol. The van der Waals surface area contributed by atoms with Crippen LogP contribution in [0.15, 0.2) is 0 Å². The summed E-state index contributed by atoms with van der Waals surface area (Å²) in [4.78, 5) is 2.71. The lowest BCUT2D eigenvalue weighted by atomic mass is 9.93. The zero-order valence-corrected chi connectivity index (χ0v) is 11.4. The molecular formula is C15H26N2. The fourth-order valence-corrected chi connectivity index (χ4v) is 3.90. The van der Waals surface area contributed by atoms with Crippen LogP contribution in [0, 0.1) is 17.2 Å². The number of likely N-dealkylation sites (tertiary alicyclic amines) is 1. The second-order valence-corrected chi connectivity index (χ2v) is 5.88. The molecule has 1 aliphatic heterocycles. The molecule has 1 saturated carbocycles. The molecule has 4 unspecified atom stereocenters. The smallest absolute Gasteiger partial charge is 0.0672 e. The van der Waals surface area contributed by atoms with Gasteiger partial charge in [-0.15, -0.1) is 0 Å². The van der Waals surface area contributed by atoms with Crippen LogP contribution in [-0.4, -0.2) is 23.0 Å². The van der Waals surface area contributed by atoms with E-state index in [9.17, 15) is 5.26 Å². The maximum atomic E-state index is 9.42. The van der Waals surface area contributed by atoms with Crippen LogP contribution >= 0.6 is 0 Å². The van der Waals surface area contributed by atoms with Gasteiger partial charge in [0.25, 0.3) is 0 Å². The average Bonchev–Trinajstić information content (AvgIpc) is 2.58. The first-order chi connectivity index (χ1) is 8.27. The summed E-state index contributed by atoms with van der Waals surface area (Å²) in [6.07, 6.45) is 10.2. The lowest BCUT2D eigenvalue weighted by Crippen LogP contribution is -2.46. The highest BCUT2D eigenvalue weighted by Gasteiger charge is 2.38. The van der Waals surface area contributed by atoms with Crippen molar-refractivity contribution in [2.45, 2.75) is 83.3 Å². The Balaban J connectivity index is 2.14. The van der Waals surface area contributed by atoms with Crippen LogP contribution in [0.1, 0.15) is 65.2 Å². The van der Waals surface area contributed by atoms with E-state index < -0.39 is 0 Å². The predicted molar refractivity (Wildman–Crippen MR) is 70.6 cm³/mol. The third-order valence-corrected chi connectivity index (χ3v) is 4.85. The molecule has 2 fully saturated rings. The zero-order valence-electron chi connectivity index (χ0n) is 11.4. The molecule has 0 bridgehead atoms. The number of rotatable bonds is 2. The van der Waals surface area contributed by atoms with E-state index in [1.54, 1.807) is 0 Å². The van der Waals surface area contributed by atoms with Crippen LogP contribution in [0.4, 0.5) is 0 Å². The third kappa shape index (κ3) is 2.65. The molecule has 2 nitrogen and oxygen atoms in total. The largest absolute Gasteiger partial charge is 0.293 e. The van der Waals surface area contributed by atoms with Gasteiger partial charge in [-0.25, -0.2) is 0 Å². The van der Waals surface area contributed by atoms with Gasteiger partial charge >= 0.3 is 0 Å². The quantitative estimate of drug-likeness (QED) is 0.681. The van der Waals surface area contributed by atoms with Crippen molar-refractivity contribution in [2.75, 3.05) is 0 Å². The molecule has 0 radical (unpaired) electrons. The Morgan fingerprint density at radius 2 is 1.88 bits per heavy atom. The molecule has 0 aromatic carbocycles. The summed E-state index contributed by atoms with van der Waals surface area (Å²) in [6, 6.07) is 4.57. The van der Waals surface area contributed by atoms with Gasteiger partial charge in [-0.2, -0.15) is 5.26 Å². The molecule has 0 aromatic rings. The van der Waals surface area contributed by atoms with Crippen LogP contribution in [0.2, 0.25) is 0 Å². The maximum absolute atomic E-state index is 9.42.